The molecular formula is C12H12ClN3O3. The van der Waals surface area contributed by atoms with E-state index in [1.165, 1.54) is 18.2 Å². The molecule has 0 spiro atoms. The Labute approximate surface area is 115 Å². The van der Waals surface area contributed by atoms with E-state index in [1.807, 2.05) is 6.07 Å². The monoisotopic (exact) mass is 281 g/mol. The molecule has 100 valence electrons. The van der Waals surface area contributed by atoms with Gasteiger partial charge in [-0.25, -0.2) is 9.59 Å². The number of hydrogen-bond acceptors (Lipinski definition) is 3. The van der Waals surface area contributed by atoms with Crippen LogP contribution in [0.4, 0.5) is 10.5 Å². The lowest BCUT2D eigenvalue weighted by Gasteiger charge is -2.13. The molecule has 0 fully saturated rings. The van der Waals surface area contributed by atoms with Crippen molar-refractivity contribution in [3.63, 3.8) is 0 Å². The van der Waals surface area contributed by atoms with Gasteiger partial charge in [-0.15, -0.1) is 0 Å². The minimum Gasteiger partial charge on any atom is -0.480 e. The number of anilines is 1. The number of rotatable bonds is 4. The third-order valence-corrected chi connectivity index (χ3v) is 2.68. The number of carboxylic acids is 1. The Morgan fingerprint density at radius 1 is 1.53 bits per heavy atom. The number of aliphatic carboxylic acids is 1. The molecule has 0 aliphatic carbocycles. The first-order chi connectivity index (χ1) is 8.97. The number of amides is 2. The fourth-order valence-electron chi connectivity index (χ4n) is 1.35. The fourth-order valence-corrected chi connectivity index (χ4v) is 1.51. The SMILES string of the molecule is CC[C@H](NC(=O)Nc1cc(C#N)ccc1Cl)C(=O)O. The smallest absolute Gasteiger partial charge is 0.326 e. The normalized spacial score (nSPS) is 11.2. The number of halogens is 1. The lowest BCUT2D eigenvalue weighted by molar-refractivity contribution is -0.139. The maximum atomic E-state index is 11.6. The number of carboxylic acid groups (broad SMARTS) is 1. The third-order valence-electron chi connectivity index (χ3n) is 2.36. The summed E-state index contributed by atoms with van der Waals surface area (Å²) in [5.74, 6) is -1.12. The number of carbonyl (C=O) groups is 2. The summed E-state index contributed by atoms with van der Waals surface area (Å²) in [6, 6.07) is 4.64. The van der Waals surface area contributed by atoms with Crippen molar-refractivity contribution in [2.75, 3.05) is 5.32 Å². The van der Waals surface area contributed by atoms with Gasteiger partial charge in [-0.05, 0) is 24.6 Å². The first kappa shape index (κ1) is 14.8. The van der Waals surface area contributed by atoms with Crippen molar-refractivity contribution in [3.05, 3.63) is 28.8 Å². The van der Waals surface area contributed by atoms with Gasteiger partial charge < -0.3 is 15.7 Å². The van der Waals surface area contributed by atoms with Crippen LogP contribution in [-0.2, 0) is 4.79 Å². The lowest BCUT2D eigenvalue weighted by atomic mass is 10.2. The standard InChI is InChI=1S/C12H12ClN3O3/c1-2-9(11(17)18)15-12(19)16-10-5-7(6-14)3-4-8(10)13/h3-5,9H,2H2,1H3,(H,17,18)(H2,15,16,19)/t9-/m0/s1. The Bertz CT molecular complexity index is 540. The molecule has 0 saturated carbocycles. The summed E-state index contributed by atoms with van der Waals surface area (Å²) in [4.78, 5) is 22.4. The van der Waals surface area contributed by atoms with Gasteiger partial charge in [0.2, 0.25) is 0 Å². The van der Waals surface area contributed by atoms with Crippen molar-refractivity contribution >= 4 is 29.3 Å². The average molecular weight is 282 g/mol. The summed E-state index contributed by atoms with van der Waals surface area (Å²) in [7, 11) is 0. The van der Waals surface area contributed by atoms with Gasteiger partial charge in [0.15, 0.2) is 0 Å². The second-order valence-electron chi connectivity index (χ2n) is 3.70. The summed E-state index contributed by atoms with van der Waals surface area (Å²) >= 11 is 5.86. The highest BCUT2D eigenvalue weighted by Crippen LogP contribution is 2.22. The maximum absolute atomic E-state index is 11.6. The van der Waals surface area contributed by atoms with E-state index >= 15 is 0 Å². The molecule has 1 aromatic rings. The van der Waals surface area contributed by atoms with E-state index in [0.29, 0.717) is 5.56 Å². The van der Waals surface area contributed by atoms with Gasteiger partial charge in [-0.2, -0.15) is 5.26 Å². The highest BCUT2D eigenvalue weighted by molar-refractivity contribution is 6.33. The van der Waals surface area contributed by atoms with Gasteiger partial charge in [-0.1, -0.05) is 18.5 Å². The average Bonchev–Trinajstić information content (AvgIpc) is 2.38. The number of hydrogen-bond donors (Lipinski definition) is 3. The topological polar surface area (TPSA) is 102 Å². The first-order valence-electron chi connectivity index (χ1n) is 5.48. The molecule has 6 nitrogen and oxygen atoms in total. The fraction of sp³-hybridized carbons (Fsp3) is 0.250. The van der Waals surface area contributed by atoms with E-state index in [2.05, 4.69) is 10.6 Å². The molecule has 0 aromatic heterocycles. The number of urea groups is 1. The van der Waals surface area contributed by atoms with E-state index in [0.717, 1.165) is 0 Å². The van der Waals surface area contributed by atoms with E-state index in [1.54, 1.807) is 6.92 Å². The Hall–Kier alpha value is -2.26. The van der Waals surface area contributed by atoms with Gasteiger partial charge in [0.1, 0.15) is 6.04 Å². The van der Waals surface area contributed by atoms with Gasteiger partial charge >= 0.3 is 12.0 Å². The zero-order chi connectivity index (χ0) is 14.4. The molecule has 0 aliphatic heterocycles. The van der Waals surface area contributed by atoms with Crippen LogP contribution in [0.2, 0.25) is 5.02 Å². The summed E-state index contributed by atoms with van der Waals surface area (Å²) < 4.78 is 0. The first-order valence-corrected chi connectivity index (χ1v) is 5.85. The quantitative estimate of drug-likeness (QED) is 0.787. The zero-order valence-corrected chi connectivity index (χ0v) is 10.9. The Balaban J connectivity index is 2.77. The lowest BCUT2D eigenvalue weighted by Crippen LogP contribution is -2.42. The Morgan fingerprint density at radius 3 is 2.74 bits per heavy atom. The van der Waals surface area contributed by atoms with E-state index in [4.69, 9.17) is 22.0 Å². The predicted molar refractivity (Wildman–Crippen MR) is 70.0 cm³/mol. The van der Waals surface area contributed by atoms with Gasteiger partial charge in [0, 0.05) is 0 Å². The van der Waals surface area contributed by atoms with Crippen LogP contribution in [0.25, 0.3) is 0 Å². The van der Waals surface area contributed by atoms with Crippen LogP contribution >= 0.6 is 11.6 Å². The second kappa shape index (κ2) is 6.61. The molecule has 0 saturated heterocycles. The molecule has 0 aliphatic rings. The van der Waals surface area contributed by atoms with Crippen molar-refractivity contribution in [1.82, 2.24) is 5.32 Å². The molecule has 19 heavy (non-hydrogen) atoms. The molecule has 1 aromatic carbocycles. The summed E-state index contributed by atoms with van der Waals surface area (Å²) in [5, 5.41) is 22.5. The summed E-state index contributed by atoms with van der Waals surface area (Å²) in [6.45, 7) is 1.64. The van der Waals surface area contributed by atoms with E-state index < -0.39 is 18.0 Å². The van der Waals surface area contributed by atoms with Gasteiger partial charge in [0.25, 0.3) is 0 Å². The molecule has 3 N–H and O–H groups in total. The predicted octanol–water partition coefficient (Wildman–Crippen LogP) is 2.20. The molecular weight excluding hydrogens is 270 g/mol. The Kier molecular flexibility index (Phi) is 5.15. The van der Waals surface area contributed by atoms with E-state index in [-0.39, 0.29) is 17.1 Å². The van der Waals surface area contributed by atoms with Crippen molar-refractivity contribution in [3.8, 4) is 6.07 Å². The van der Waals surface area contributed by atoms with Crippen LogP contribution < -0.4 is 10.6 Å². The minimum atomic E-state index is -1.12. The summed E-state index contributed by atoms with van der Waals surface area (Å²) in [6.07, 6.45) is 0.259. The summed E-state index contributed by atoms with van der Waals surface area (Å²) in [5.41, 5.74) is 0.587. The van der Waals surface area contributed by atoms with Gasteiger partial charge in [-0.3, -0.25) is 0 Å². The highest BCUT2D eigenvalue weighted by atomic mass is 35.5. The highest BCUT2D eigenvalue weighted by Gasteiger charge is 2.17. The Morgan fingerprint density at radius 2 is 2.21 bits per heavy atom. The molecule has 1 atom stereocenters. The zero-order valence-electron chi connectivity index (χ0n) is 10.1. The number of carbonyl (C=O) groups excluding carboxylic acids is 1. The van der Waals surface area contributed by atoms with Gasteiger partial charge in [0.05, 0.1) is 22.3 Å². The van der Waals surface area contributed by atoms with Crippen LogP contribution in [0.3, 0.4) is 0 Å². The van der Waals surface area contributed by atoms with Crippen molar-refractivity contribution < 1.29 is 14.7 Å². The molecule has 2 amide bonds. The molecule has 0 unspecified atom stereocenters. The number of nitriles is 1. The third kappa shape index (κ3) is 4.16. The minimum absolute atomic E-state index is 0.249. The van der Waals surface area contributed by atoms with Crippen molar-refractivity contribution in [2.24, 2.45) is 0 Å². The molecule has 1 rings (SSSR count). The van der Waals surface area contributed by atoms with Crippen LogP contribution in [0.1, 0.15) is 18.9 Å². The number of benzene rings is 1. The largest absolute Gasteiger partial charge is 0.480 e. The van der Waals surface area contributed by atoms with Crippen LogP contribution in [0, 0.1) is 11.3 Å². The van der Waals surface area contributed by atoms with Crippen LogP contribution in [0.15, 0.2) is 18.2 Å². The molecule has 0 heterocycles. The van der Waals surface area contributed by atoms with E-state index in [9.17, 15) is 9.59 Å². The molecule has 0 radical (unpaired) electrons. The maximum Gasteiger partial charge on any atom is 0.326 e. The molecule has 7 heteroatoms. The van der Waals surface area contributed by atoms with Crippen molar-refractivity contribution in [1.29, 1.82) is 5.26 Å². The number of nitrogens with zero attached hydrogens (tertiary/aromatic N) is 1. The second-order valence-corrected chi connectivity index (χ2v) is 4.11. The van der Waals surface area contributed by atoms with Crippen LogP contribution in [-0.4, -0.2) is 23.1 Å². The van der Waals surface area contributed by atoms with Crippen molar-refractivity contribution in [2.45, 2.75) is 19.4 Å². The number of nitrogens with one attached hydrogen (secondary N) is 2. The van der Waals surface area contributed by atoms with Crippen LogP contribution in [0.5, 0.6) is 0 Å². The molecule has 0 bridgehead atoms.